The summed E-state index contributed by atoms with van der Waals surface area (Å²) >= 11 is 0. The number of aromatic nitrogens is 2. The molecule has 0 aliphatic rings. The third kappa shape index (κ3) is 3.73. The molecule has 124 valence electrons. The van der Waals surface area contributed by atoms with Gasteiger partial charge in [-0.2, -0.15) is 0 Å². The SMILES string of the molecule is C#[N+]c1cc(F)c(C(=O)N[C@H](Cc2cnc[nH]2)C(=O)OC)c(F)c1. The van der Waals surface area contributed by atoms with Gasteiger partial charge in [-0.15, -0.1) is 0 Å². The maximum absolute atomic E-state index is 13.9. The lowest BCUT2D eigenvalue weighted by Crippen LogP contribution is -2.43. The Morgan fingerprint density at radius 2 is 2.08 bits per heavy atom. The zero-order chi connectivity index (χ0) is 17.7. The molecule has 0 fully saturated rings. The van der Waals surface area contributed by atoms with Crippen LogP contribution in [-0.4, -0.2) is 35.0 Å². The van der Waals surface area contributed by atoms with E-state index in [0.717, 1.165) is 19.2 Å². The maximum atomic E-state index is 13.9. The number of halogens is 2. The van der Waals surface area contributed by atoms with Gasteiger partial charge in [-0.3, -0.25) is 4.79 Å². The van der Waals surface area contributed by atoms with Crippen molar-refractivity contribution < 1.29 is 23.1 Å². The molecule has 2 aromatic rings. The Hall–Kier alpha value is -3.28. The molecule has 0 saturated heterocycles. The van der Waals surface area contributed by atoms with E-state index in [9.17, 15) is 18.4 Å². The van der Waals surface area contributed by atoms with Crippen molar-refractivity contribution in [1.82, 2.24) is 15.3 Å². The summed E-state index contributed by atoms with van der Waals surface area (Å²) in [6, 6.07) is 0.459. The van der Waals surface area contributed by atoms with Crippen molar-refractivity contribution in [1.29, 1.82) is 0 Å². The van der Waals surface area contributed by atoms with Crippen molar-refractivity contribution in [3.63, 3.8) is 0 Å². The van der Waals surface area contributed by atoms with Crippen LogP contribution in [0, 0.1) is 18.2 Å². The van der Waals surface area contributed by atoms with Crippen LogP contribution in [0.15, 0.2) is 24.7 Å². The largest absolute Gasteiger partial charge is 0.467 e. The zero-order valence-electron chi connectivity index (χ0n) is 12.5. The molecule has 24 heavy (non-hydrogen) atoms. The highest BCUT2D eigenvalue weighted by molar-refractivity contribution is 5.97. The summed E-state index contributed by atoms with van der Waals surface area (Å²) in [7, 11) is 1.13. The van der Waals surface area contributed by atoms with Crippen molar-refractivity contribution in [2.24, 2.45) is 0 Å². The number of nitrogens with zero attached hydrogens (tertiary/aromatic N) is 2. The lowest BCUT2D eigenvalue weighted by Gasteiger charge is -2.16. The number of nitrogens with one attached hydrogen (secondary N) is 2. The van der Waals surface area contributed by atoms with Gasteiger partial charge < -0.3 is 15.0 Å². The number of aromatic amines is 1. The molecule has 1 amide bonds. The molecule has 0 unspecified atom stereocenters. The van der Waals surface area contributed by atoms with Crippen LogP contribution < -0.4 is 5.32 Å². The summed E-state index contributed by atoms with van der Waals surface area (Å²) in [5.74, 6) is -4.18. The van der Waals surface area contributed by atoms with Gasteiger partial charge in [0, 0.05) is 18.3 Å². The number of H-pyrrole nitrogens is 1. The van der Waals surface area contributed by atoms with E-state index in [1.165, 1.54) is 12.5 Å². The van der Waals surface area contributed by atoms with Gasteiger partial charge in [0.1, 0.15) is 23.2 Å². The maximum Gasteiger partial charge on any atom is 0.345 e. The van der Waals surface area contributed by atoms with E-state index in [1.54, 1.807) is 0 Å². The van der Waals surface area contributed by atoms with Crippen molar-refractivity contribution in [2.75, 3.05) is 7.11 Å². The Morgan fingerprint density at radius 3 is 2.58 bits per heavy atom. The number of methoxy groups -OCH3 is 1. The summed E-state index contributed by atoms with van der Waals surface area (Å²) in [4.78, 5) is 33.6. The Labute approximate surface area is 135 Å². The van der Waals surface area contributed by atoms with Gasteiger partial charge in [-0.25, -0.2) is 18.6 Å². The van der Waals surface area contributed by atoms with Crippen LogP contribution in [0.2, 0.25) is 0 Å². The second-order valence-electron chi connectivity index (χ2n) is 4.74. The molecule has 0 aliphatic heterocycles. The monoisotopic (exact) mass is 335 g/mol. The van der Waals surface area contributed by atoms with Crippen LogP contribution in [0.4, 0.5) is 14.5 Å². The molecule has 7 nitrogen and oxygen atoms in total. The molecular weight excluding hydrogens is 322 g/mol. The third-order valence-corrected chi connectivity index (χ3v) is 3.17. The van der Waals surface area contributed by atoms with E-state index in [1.807, 2.05) is 0 Å². The van der Waals surface area contributed by atoms with Crippen LogP contribution in [0.3, 0.4) is 0 Å². The quantitative estimate of drug-likeness (QED) is 0.816. The van der Waals surface area contributed by atoms with Crippen LogP contribution in [-0.2, 0) is 16.0 Å². The predicted molar refractivity (Wildman–Crippen MR) is 79.9 cm³/mol. The van der Waals surface area contributed by atoms with Crippen molar-refractivity contribution in [2.45, 2.75) is 12.5 Å². The highest BCUT2D eigenvalue weighted by atomic mass is 19.1. The van der Waals surface area contributed by atoms with Crippen LogP contribution in [0.5, 0.6) is 0 Å². The number of esters is 1. The fourth-order valence-corrected chi connectivity index (χ4v) is 2.03. The highest BCUT2D eigenvalue weighted by Gasteiger charge is 2.27. The molecule has 9 heteroatoms. The zero-order valence-corrected chi connectivity index (χ0v) is 12.5. The molecule has 1 aromatic carbocycles. The standard InChI is InChI=1S/C15H12F2N4O3/c1-18-8-3-10(16)13(11(17)4-8)14(22)21-12(15(23)24-2)5-9-6-19-7-20-9/h1,3-4,6-7,12H,5H2,2H3,(H-,19,20,21,22)/p+1/t12-/m1/s1. The summed E-state index contributed by atoms with van der Waals surface area (Å²) < 4.78 is 32.4. The number of hydrogen-bond donors (Lipinski definition) is 2. The second-order valence-corrected chi connectivity index (χ2v) is 4.74. The van der Waals surface area contributed by atoms with Crippen LogP contribution >= 0.6 is 0 Å². The number of benzene rings is 1. The average Bonchev–Trinajstić information content (AvgIpc) is 3.05. The first-order chi connectivity index (χ1) is 11.5. The molecule has 2 N–H and O–H groups in total. The normalized spacial score (nSPS) is 11.4. The number of hydrogen-bond acceptors (Lipinski definition) is 4. The van der Waals surface area contributed by atoms with Gasteiger partial charge in [0.05, 0.1) is 25.6 Å². The minimum absolute atomic E-state index is 0.0118. The minimum atomic E-state index is -1.15. The number of rotatable bonds is 5. The smallest absolute Gasteiger partial charge is 0.345 e. The van der Waals surface area contributed by atoms with E-state index in [4.69, 9.17) is 6.57 Å². The number of ether oxygens (including phenoxy) is 1. The first-order valence-electron chi connectivity index (χ1n) is 6.72. The number of imidazole rings is 1. The molecule has 1 aromatic heterocycles. The first kappa shape index (κ1) is 17.1. The minimum Gasteiger partial charge on any atom is -0.467 e. The number of amides is 1. The topological polar surface area (TPSA) is 88.4 Å². The molecule has 2 rings (SSSR count). The number of carbonyl (C=O) groups excluding carboxylic acids is 2. The summed E-state index contributed by atoms with van der Waals surface area (Å²) in [5, 5.41) is 2.24. The lowest BCUT2D eigenvalue weighted by molar-refractivity contribution is -0.142. The summed E-state index contributed by atoms with van der Waals surface area (Å²) in [6.45, 7) is 4.95. The van der Waals surface area contributed by atoms with Gasteiger partial charge in [-0.1, -0.05) is 0 Å². The van der Waals surface area contributed by atoms with Crippen LogP contribution in [0.25, 0.3) is 4.85 Å². The van der Waals surface area contributed by atoms with E-state index in [0.29, 0.717) is 5.69 Å². The van der Waals surface area contributed by atoms with Crippen molar-refractivity contribution in [3.8, 4) is 6.57 Å². The molecule has 0 bridgehead atoms. The molecule has 1 atom stereocenters. The molecule has 0 aliphatic carbocycles. The fourth-order valence-electron chi connectivity index (χ4n) is 2.03. The Morgan fingerprint density at radius 1 is 1.42 bits per heavy atom. The van der Waals surface area contributed by atoms with Crippen molar-refractivity contribution in [3.05, 3.63) is 52.4 Å². The van der Waals surface area contributed by atoms with E-state index >= 15 is 0 Å². The second kappa shape index (κ2) is 7.32. The molecule has 0 spiro atoms. The molecule has 0 saturated carbocycles. The van der Waals surface area contributed by atoms with Crippen LogP contribution in [0.1, 0.15) is 16.1 Å². The van der Waals surface area contributed by atoms with Gasteiger partial charge in [0.15, 0.2) is 0 Å². The Kier molecular flexibility index (Phi) is 5.21. The van der Waals surface area contributed by atoms with Gasteiger partial charge >= 0.3 is 11.7 Å². The molecular formula is C15H13F2N4O3+. The van der Waals surface area contributed by atoms with E-state index in [2.05, 4.69) is 24.9 Å². The van der Waals surface area contributed by atoms with E-state index < -0.39 is 35.1 Å². The van der Waals surface area contributed by atoms with Crippen molar-refractivity contribution >= 4 is 17.6 Å². The highest BCUT2D eigenvalue weighted by Crippen LogP contribution is 2.21. The average molecular weight is 335 g/mol. The van der Waals surface area contributed by atoms with Gasteiger partial charge in [0.25, 0.3) is 12.5 Å². The Balaban J connectivity index is 2.25. The summed E-state index contributed by atoms with van der Waals surface area (Å²) in [6.07, 6.45) is 2.85. The number of carbonyl (C=O) groups is 2. The first-order valence-corrected chi connectivity index (χ1v) is 6.72. The lowest BCUT2D eigenvalue weighted by atomic mass is 10.1. The predicted octanol–water partition coefficient (Wildman–Crippen LogP) is 1.80. The molecule has 1 heterocycles. The summed E-state index contributed by atoms with van der Waals surface area (Å²) in [5.41, 5.74) is -0.478. The van der Waals surface area contributed by atoms with E-state index in [-0.39, 0.29) is 12.1 Å². The molecule has 0 radical (unpaired) electrons. The Bertz CT molecular complexity index is 777. The van der Waals surface area contributed by atoms with Gasteiger partial charge in [-0.05, 0) is 4.85 Å². The van der Waals surface area contributed by atoms with Gasteiger partial charge in [0.2, 0.25) is 0 Å². The third-order valence-electron chi connectivity index (χ3n) is 3.17. The fraction of sp³-hybridized carbons (Fsp3) is 0.200.